The molecule has 13 aliphatic rings. The summed E-state index contributed by atoms with van der Waals surface area (Å²) >= 11 is 0. The fraction of sp³-hybridized carbons (Fsp3) is 1.00. The van der Waals surface area contributed by atoms with Gasteiger partial charge in [-0.25, -0.2) is 0 Å². The van der Waals surface area contributed by atoms with Crippen LogP contribution in [0, 0.1) is 92.7 Å². The Hall–Kier alpha value is 0. The summed E-state index contributed by atoms with van der Waals surface area (Å²) in [6, 6.07) is 0. The molecule has 16 unspecified atom stereocenters. The van der Waals surface area contributed by atoms with Crippen LogP contribution in [0.4, 0.5) is 0 Å². The van der Waals surface area contributed by atoms with Crippen molar-refractivity contribution in [3.8, 4) is 0 Å². The highest BCUT2D eigenvalue weighted by Gasteiger charge is 3.18. The van der Waals surface area contributed by atoms with E-state index < -0.39 is 0 Å². The highest BCUT2D eigenvalue weighted by Crippen LogP contribution is 3.21. The van der Waals surface area contributed by atoms with Crippen LogP contribution < -0.4 is 0 Å². The largest absolute Gasteiger partial charge is 0.0493 e. The third-order valence-electron chi connectivity index (χ3n) is 14.3. The van der Waals surface area contributed by atoms with E-state index in [0.29, 0.717) is 0 Å². The Balaban J connectivity index is 1.55. The zero-order valence-electron chi connectivity index (χ0n) is 12.5. The maximum Gasteiger partial charge on any atom is -0.00996 e. The van der Waals surface area contributed by atoms with Crippen LogP contribution in [0.25, 0.3) is 0 Å². The van der Waals surface area contributed by atoms with Crippen molar-refractivity contribution in [2.75, 3.05) is 0 Å². The highest BCUT2D eigenvalue weighted by atomic mass is 15.2. The van der Waals surface area contributed by atoms with Crippen molar-refractivity contribution in [2.24, 2.45) is 92.7 Å². The Bertz CT molecular complexity index is 719. The lowest BCUT2D eigenvalue weighted by atomic mass is 9.24. The van der Waals surface area contributed by atoms with Crippen LogP contribution in [0.2, 0.25) is 0 Å². The molecule has 0 nitrogen and oxygen atoms in total. The molecule has 21 heavy (non-hydrogen) atoms. The molecule has 13 aliphatic carbocycles. The van der Waals surface area contributed by atoms with Gasteiger partial charge in [-0.1, -0.05) is 0 Å². The van der Waals surface area contributed by atoms with Gasteiger partial charge >= 0.3 is 0 Å². The summed E-state index contributed by atoms with van der Waals surface area (Å²) in [5, 5.41) is 0. The quantitative estimate of drug-likeness (QED) is 0.635. The molecular weight excluding hydrogens is 252 g/mol. The van der Waals surface area contributed by atoms with Crippen LogP contribution in [-0.2, 0) is 0 Å². The molecule has 13 fully saturated rings. The maximum absolute atomic E-state index is 1.78. The molecule has 0 amide bonds. The molecule has 0 aromatic rings. The number of fused-ring (bicyclic) bond motifs is 1. The van der Waals surface area contributed by atoms with E-state index in [2.05, 4.69) is 0 Å². The smallest absolute Gasteiger partial charge is 0.00996 e. The molecule has 0 aliphatic heterocycles. The molecular formula is C21H22. The van der Waals surface area contributed by atoms with E-state index in [1.54, 1.807) is 32.1 Å². The van der Waals surface area contributed by atoms with Gasteiger partial charge < -0.3 is 0 Å². The average molecular weight is 274 g/mol. The van der Waals surface area contributed by atoms with Crippen molar-refractivity contribution in [3.05, 3.63) is 0 Å². The normalized spacial score (nSPS) is 104. The second-order valence-electron chi connectivity index (χ2n) is 11.9. The van der Waals surface area contributed by atoms with Gasteiger partial charge in [0, 0.05) is 0 Å². The van der Waals surface area contributed by atoms with Crippen molar-refractivity contribution >= 4 is 0 Å². The topological polar surface area (TPSA) is 0 Å². The predicted octanol–water partition coefficient (Wildman–Crippen LogP) is 3.43. The molecule has 0 heterocycles. The summed E-state index contributed by atoms with van der Waals surface area (Å²) in [4.78, 5) is 0. The highest BCUT2D eigenvalue weighted by molar-refractivity contribution is 5.64. The first-order chi connectivity index (χ1) is 10.4. The molecule has 0 N–H and O–H groups in total. The zero-order valence-corrected chi connectivity index (χ0v) is 12.5. The van der Waals surface area contributed by atoms with Gasteiger partial charge in [-0.2, -0.15) is 0 Å². The first-order valence-corrected chi connectivity index (χ1v) is 10.4. The summed E-state index contributed by atoms with van der Waals surface area (Å²) in [6.45, 7) is 0. The van der Waals surface area contributed by atoms with E-state index in [4.69, 9.17) is 0 Å². The molecule has 0 aromatic heterocycles. The van der Waals surface area contributed by atoms with E-state index in [-0.39, 0.29) is 0 Å². The van der Waals surface area contributed by atoms with Gasteiger partial charge in [-0.15, -0.1) is 0 Å². The molecule has 0 heteroatoms. The third-order valence-corrected chi connectivity index (χ3v) is 14.3. The lowest BCUT2D eigenvalue weighted by Crippen LogP contribution is -2.77. The van der Waals surface area contributed by atoms with Gasteiger partial charge in [-0.3, -0.25) is 0 Å². The Morgan fingerprint density at radius 3 is 1.05 bits per heavy atom. The molecule has 106 valence electrons. The van der Waals surface area contributed by atoms with E-state index >= 15 is 0 Å². The first-order valence-electron chi connectivity index (χ1n) is 10.4. The van der Waals surface area contributed by atoms with Crippen molar-refractivity contribution in [3.63, 3.8) is 0 Å². The Labute approximate surface area is 125 Å². The fourth-order valence-corrected chi connectivity index (χ4v) is 17.1. The van der Waals surface area contributed by atoms with Crippen LogP contribution in [0.1, 0.15) is 32.1 Å². The molecule has 13 rings (SSSR count). The van der Waals surface area contributed by atoms with Crippen LogP contribution in [0.3, 0.4) is 0 Å². The van der Waals surface area contributed by atoms with Crippen LogP contribution in [0.15, 0.2) is 0 Å². The standard InChI is InChI=1S/C21H22/c1-2-7-15-9-3-8-14(15)6(1)18-10-4-11-17-13-5-12(16(10)17)20(8,18)21(9,13)19(7,11)18/h6-17H,1-5H2. The first kappa shape index (κ1) is 8.74. The van der Waals surface area contributed by atoms with Crippen molar-refractivity contribution < 1.29 is 0 Å². The van der Waals surface area contributed by atoms with Gasteiger partial charge in [0.25, 0.3) is 0 Å². The molecule has 0 saturated heterocycles. The van der Waals surface area contributed by atoms with E-state index in [1.165, 1.54) is 71.0 Å². The van der Waals surface area contributed by atoms with Gasteiger partial charge in [0.15, 0.2) is 0 Å². The van der Waals surface area contributed by atoms with E-state index in [9.17, 15) is 0 Å². The minimum Gasteiger partial charge on any atom is -0.0493 e. The van der Waals surface area contributed by atoms with Crippen LogP contribution in [-0.4, -0.2) is 0 Å². The summed E-state index contributed by atoms with van der Waals surface area (Å²) in [5.41, 5.74) is 4.13. The zero-order chi connectivity index (χ0) is 12.5. The summed E-state index contributed by atoms with van der Waals surface area (Å²) < 4.78 is 0. The summed E-state index contributed by atoms with van der Waals surface area (Å²) in [7, 11) is 0. The minimum atomic E-state index is 1.03. The fourth-order valence-electron chi connectivity index (χ4n) is 17.1. The second-order valence-corrected chi connectivity index (χ2v) is 11.9. The van der Waals surface area contributed by atoms with Gasteiger partial charge in [0.2, 0.25) is 0 Å². The second kappa shape index (κ2) is 1.71. The molecule has 4 spiro atoms. The molecule has 13 saturated carbocycles. The lowest BCUT2D eigenvalue weighted by molar-refractivity contribution is -0.339. The molecule has 0 aromatic carbocycles. The van der Waals surface area contributed by atoms with Gasteiger partial charge in [-0.05, 0) is 125 Å². The van der Waals surface area contributed by atoms with Crippen molar-refractivity contribution in [1.29, 1.82) is 0 Å². The van der Waals surface area contributed by atoms with E-state index in [1.807, 2.05) is 0 Å². The monoisotopic (exact) mass is 274 g/mol. The SMILES string of the molecule is C1CC2C3C4C1C15C6CC7C8C6C6CC8C8(C3CC4C618)C275. The number of hydrogen-bond acceptors (Lipinski definition) is 0. The van der Waals surface area contributed by atoms with Crippen LogP contribution >= 0.6 is 0 Å². The lowest BCUT2D eigenvalue weighted by Gasteiger charge is -2.79. The Morgan fingerprint density at radius 2 is 0.667 bits per heavy atom. The molecule has 8 bridgehead atoms. The average Bonchev–Trinajstić information content (AvgIpc) is 3.20. The van der Waals surface area contributed by atoms with Gasteiger partial charge in [0.1, 0.15) is 0 Å². The molecule has 16 atom stereocenters. The Morgan fingerprint density at radius 1 is 0.381 bits per heavy atom. The Kier molecular flexibility index (Phi) is 0.711. The third kappa shape index (κ3) is 0.326. The molecule has 0 radical (unpaired) electrons. The van der Waals surface area contributed by atoms with E-state index in [0.717, 1.165) is 21.7 Å². The van der Waals surface area contributed by atoms with Gasteiger partial charge in [0.05, 0.1) is 0 Å². The van der Waals surface area contributed by atoms with Crippen molar-refractivity contribution in [1.82, 2.24) is 0 Å². The minimum absolute atomic E-state index is 1.03. The summed E-state index contributed by atoms with van der Waals surface area (Å²) in [5.74, 6) is 15.6. The number of hydrogen-bond donors (Lipinski definition) is 0. The van der Waals surface area contributed by atoms with Crippen molar-refractivity contribution in [2.45, 2.75) is 32.1 Å². The maximum atomic E-state index is 1.78. The predicted molar refractivity (Wildman–Crippen MR) is 74.7 cm³/mol. The van der Waals surface area contributed by atoms with Crippen LogP contribution in [0.5, 0.6) is 0 Å². The summed E-state index contributed by atoms with van der Waals surface area (Å²) in [6.07, 6.45) is 8.76. The number of rotatable bonds is 0.